The van der Waals surface area contributed by atoms with E-state index in [0.29, 0.717) is 16.3 Å². The molecule has 4 rings (SSSR count). The molecule has 162 valence electrons. The first kappa shape index (κ1) is 21.6. The van der Waals surface area contributed by atoms with Crippen molar-refractivity contribution in [3.8, 4) is 0 Å². The molecule has 0 unspecified atom stereocenters. The molecule has 31 heavy (non-hydrogen) atoms. The monoisotopic (exact) mass is 454 g/mol. The molecule has 0 atom stereocenters. The standard InChI is InChI=1S/C24H26N2O3S2/c1-15-8-12-19(13-9-15)31(28,29)26-24-22(20-6-4-5-7-21(20)30-24)23(27)25-18-11-10-16(2)17(3)14-18/h8-14,26H,4-7H2,1-3H3,(H,25,27). The van der Waals surface area contributed by atoms with Crippen molar-refractivity contribution in [2.24, 2.45) is 0 Å². The molecular weight excluding hydrogens is 428 g/mol. The lowest BCUT2D eigenvalue weighted by Crippen LogP contribution is -2.19. The van der Waals surface area contributed by atoms with E-state index >= 15 is 0 Å². The fourth-order valence-corrected chi connectivity index (χ4v) is 6.38. The van der Waals surface area contributed by atoms with E-state index in [9.17, 15) is 13.2 Å². The number of benzene rings is 2. The van der Waals surface area contributed by atoms with Crippen molar-refractivity contribution in [3.05, 3.63) is 75.2 Å². The van der Waals surface area contributed by atoms with E-state index in [1.807, 2.05) is 39.0 Å². The maximum atomic E-state index is 13.3. The Morgan fingerprint density at radius 2 is 1.65 bits per heavy atom. The fraction of sp³-hybridized carbons (Fsp3) is 0.292. The van der Waals surface area contributed by atoms with Crippen LogP contribution in [0.15, 0.2) is 47.4 Å². The summed E-state index contributed by atoms with van der Waals surface area (Å²) in [6.07, 6.45) is 3.71. The van der Waals surface area contributed by atoms with E-state index in [0.717, 1.165) is 52.8 Å². The number of hydrogen-bond donors (Lipinski definition) is 2. The van der Waals surface area contributed by atoms with E-state index in [4.69, 9.17) is 0 Å². The van der Waals surface area contributed by atoms with Crippen LogP contribution in [0.3, 0.4) is 0 Å². The van der Waals surface area contributed by atoms with Crippen LogP contribution in [0.25, 0.3) is 0 Å². The molecule has 2 aromatic carbocycles. The van der Waals surface area contributed by atoms with Crippen molar-refractivity contribution in [1.29, 1.82) is 0 Å². The average molecular weight is 455 g/mol. The van der Waals surface area contributed by atoms with Crippen LogP contribution >= 0.6 is 11.3 Å². The molecule has 0 radical (unpaired) electrons. The predicted octanol–water partition coefficient (Wildman–Crippen LogP) is 5.61. The summed E-state index contributed by atoms with van der Waals surface area (Å²) in [6.45, 7) is 5.93. The summed E-state index contributed by atoms with van der Waals surface area (Å²) >= 11 is 1.38. The minimum absolute atomic E-state index is 0.185. The number of sulfonamides is 1. The van der Waals surface area contributed by atoms with Crippen molar-refractivity contribution in [2.75, 3.05) is 10.0 Å². The molecule has 1 heterocycles. The van der Waals surface area contributed by atoms with E-state index in [1.54, 1.807) is 24.3 Å². The SMILES string of the molecule is Cc1ccc(S(=O)(=O)Nc2sc3c(c2C(=O)Nc2ccc(C)c(C)c2)CCCC3)cc1. The lowest BCUT2D eigenvalue weighted by Gasteiger charge is -2.14. The van der Waals surface area contributed by atoms with Crippen molar-refractivity contribution in [2.45, 2.75) is 51.3 Å². The number of carbonyl (C=O) groups is 1. The van der Waals surface area contributed by atoms with Crippen LogP contribution in [0.1, 0.15) is 50.3 Å². The quantitative estimate of drug-likeness (QED) is 0.526. The molecule has 3 aromatic rings. The molecule has 0 bridgehead atoms. The minimum atomic E-state index is -3.79. The highest BCUT2D eigenvalue weighted by Crippen LogP contribution is 2.39. The molecule has 0 spiro atoms. The van der Waals surface area contributed by atoms with Gasteiger partial charge < -0.3 is 5.32 Å². The van der Waals surface area contributed by atoms with Crippen LogP contribution in [0.5, 0.6) is 0 Å². The molecule has 5 nitrogen and oxygen atoms in total. The van der Waals surface area contributed by atoms with Gasteiger partial charge >= 0.3 is 0 Å². The van der Waals surface area contributed by atoms with E-state index in [1.165, 1.54) is 11.3 Å². The lowest BCUT2D eigenvalue weighted by atomic mass is 9.95. The van der Waals surface area contributed by atoms with Gasteiger partial charge in [0.05, 0.1) is 10.5 Å². The van der Waals surface area contributed by atoms with E-state index < -0.39 is 10.0 Å². The maximum Gasteiger partial charge on any atom is 0.262 e. The summed E-state index contributed by atoms with van der Waals surface area (Å²) < 4.78 is 28.7. The van der Waals surface area contributed by atoms with Gasteiger partial charge in [-0.25, -0.2) is 8.42 Å². The number of nitrogens with one attached hydrogen (secondary N) is 2. The number of rotatable bonds is 5. The predicted molar refractivity (Wildman–Crippen MR) is 127 cm³/mol. The van der Waals surface area contributed by atoms with Crippen LogP contribution in [-0.2, 0) is 22.9 Å². The number of thiophene rings is 1. The third kappa shape index (κ3) is 4.52. The molecule has 0 aliphatic heterocycles. The van der Waals surface area contributed by atoms with Gasteiger partial charge in [0.15, 0.2) is 0 Å². The molecule has 7 heteroatoms. The summed E-state index contributed by atoms with van der Waals surface area (Å²) in [6, 6.07) is 12.5. The highest BCUT2D eigenvalue weighted by Gasteiger charge is 2.28. The van der Waals surface area contributed by atoms with Gasteiger partial charge in [-0.05, 0) is 87.4 Å². The smallest absolute Gasteiger partial charge is 0.262 e. The van der Waals surface area contributed by atoms with Gasteiger partial charge in [0.1, 0.15) is 5.00 Å². The van der Waals surface area contributed by atoms with Crippen LogP contribution in [0.4, 0.5) is 10.7 Å². The summed E-state index contributed by atoms with van der Waals surface area (Å²) in [7, 11) is -3.79. The normalized spacial score (nSPS) is 13.5. The number of aryl methyl sites for hydroxylation is 4. The largest absolute Gasteiger partial charge is 0.322 e. The van der Waals surface area contributed by atoms with Crippen LogP contribution < -0.4 is 10.0 Å². The number of anilines is 2. The molecule has 0 fully saturated rings. The second-order valence-electron chi connectivity index (χ2n) is 8.09. The highest BCUT2D eigenvalue weighted by molar-refractivity contribution is 7.93. The first-order valence-electron chi connectivity index (χ1n) is 10.4. The number of carbonyl (C=O) groups excluding carboxylic acids is 1. The van der Waals surface area contributed by atoms with Crippen molar-refractivity contribution < 1.29 is 13.2 Å². The summed E-state index contributed by atoms with van der Waals surface area (Å²) in [4.78, 5) is 14.6. The molecule has 0 saturated heterocycles. The van der Waals surface area contributed by atoms with Crippen LogP contribution in [0.2, 0.25) is 0 Å². The van der Waals surface area contributed by atoms with Gasteiger partial charge in [0.2, 0.25) is 0 Å². The van der Waals surface area contributed by atoms with Crippen molar-refractivity contribution in [3.63, 3.8) is 0 Å². The Kier molecular flexibility index (Phi) is 5.90. The Balaban J connectivity index is 1.70. The van der Waals surface area contributed by atoms with Crippen LogP contribution in [-0.4, -0.2) is 14.3 Å². The van der Waals surface area contributed by atoms with Gasteiger partial charge in [-0.1, -0.05) is 23.8 Å². The summed E-state index contributed by atoms with van der Waals surface area (Å²) in [5, 5.41) is 3.37. The minimum Gasteiger partial charge on any atom is -0.322 e. The molecule has 1 aliphatic rings. The van der Waals surface area contributed by atoms with Gasteiger partial charge in [-0.2, -0.15) is 0 Å². The van der Waals surface area contributed by atoms with E-state index in [2.05, 4.69) is 10.0 Å². The second-order valence-corrected chi connectivity index (χ2v) is 10.9. The molecule has 2 N–H and O–H groups in total. The highest BCUT2D eigenvalue weighted by atomic mass is 32.2. The zero-order chi connectivity index (χ0) is 22.2. The summed E-state index contributed by atoms with van der Waals surface area (Å²) in [5.74, 6) is -0.274. The molecule has 1 aliphatic carbocycles. The van der Waals surface area contributed by atoms with E-state index in [-0.39, 0.29) is 10.8 Å². The Morgan fingerprint density at radius 3 is 2.35 bits per heavy atom. The van der Waals surface area contributed by atoms with Gasteiger partial charge in [-0.15, -0.1) is 11.3 Å². The summed E-state index contributed by atoms with van der Waals surface area (Å²) in [5.41, 5.74) is 5.35. The zero-order valence-electron chi connectivity index (χ0n) is 17.9. The maximum absolute atomic E-state index is 13.3. The Morgan fingerprint density at radius 1 is 0.935 bits per heavy atom. The van der Waals surface area contributed by atoms with Gasteiger partial charge in [-0.3, -0.25) is 9.52 Å². The fourth-order valence-electron chi connectivity index (χ4n) is 3.79. The second kappa shape index (κ2) is 8.48. The Bertz CT molecular complexity index is 1240. The lowest BCUT2D eigenvalue weighted by molar-refractivity contribution is 0.102. The molecule has 1 amide bonds. The Labute approximate surface area is 187 Å². The number of fused-ring (bicyclic) bond motifs is 1. The zero-order valence-corrected chi connectivity index (χ0v) is 19.5. The van der Waals surface area contributed by atoms with Crippen molar-refractivity contribution >= 4 is 38.0 Å². The third-order valence-corrected chi connectivity index (χ3v) is 8.42. The first-order chi connectivity index (χ1) is 14.7. The third-order valence-electron chi connectivity index (χ3n) is 5.72. The van der Waals surface area contributed by atoms with Crippen molar-refractivity contribution in [1.82, 2.24) is 0 Å². The topological polar surface area (TPSA) is 75.3 Å². The first-order valence-corrected chi connectivity index (χ1v) is 12.7. The Hall–Kier alpha value is -2.64. The number of amides is 1. The molecular formula is C24H26N2O3S2. The van der Waals surface area contributed by atoms with Crippen LogP contribution in [0, 0.1) is 20.8 Å². The molecule has 0 saturated carbocycles. The number of hydrogen-bond acceptors (Lipinski definition) is 4. The van der Waals surface area contributed by atoms with Gasteiger partial charge in [0.25, 0.3) is 15.9 Å². The average Bonchev–Trinajstić information content (AvgIpc) is 3.08. The molecule has 1 aromatic heterocycles. The van der Waals surface area contributed by atoms with Gasteiger partial charge in [0, 0.05) is 10.6 Å².